The van der Waals surface area contributed by atoms with E-state index in [4.69, 9.17) is 21.1 Å². The predicted octanol–water partition coefficient (Wildman–Crippen LogP) is 3.17. The number of fused-ring (bicyclic) bond motifs is 1. The summed E-state index contributed by atoms with van der Waals surface area (Å²) in [5.41, 5.74) is -0.195. The monoisotopic (exact) mass is 554 g/mol. The van der Waals surface area contributed by atoms with E-state index in [0.29, 0.717) is 24.5 Å². The molecule has 1 aliphatic heterocycles. The number of ether oxygens (including phenoxy) is 2. The highest BCUT2D eigenvalue weighted by atomic mass is 35.5. The molecule has 2 N–H and O–H groups in total. The molecule has 0 bridgehead atoms. The molecular weight excluding hydrogens is 528 g/mol. The minimum absolute atomic E-state index is 0.0685. The van der Waals surface area contributed by atoms with Crippen molar-refractivity contribution in [1.82, 2.24) is 19.9 Å². The van der Waals surface area contributed by atoms with Crippen molar-refractivity contribution in [3.05, 3.63) is 45.9 Å². The first kappa shape index (κ1) is 26.5. The van der Waals surface area contributed by atoms with Crippen molar-refractivity contribution < 1.29 is 27.2 Å². The van der Waals surface area contributed by atoms with Crippen LogP contribution in [0, 0.1) is 0 Å². The van der Waals surface area contributed by atoms with E-state index < -0.39 is 33.6 Å². The highest BCUT2D eigenvalue weighted by Crippen LogP contribution is 2.40. The third kappa shape index (κ3) is 6.07. The Morgan fingerprint density at radius 1 is 1.35 bits per heavy atom. The molecule has 1 aromatic carbocycles. The van der Waals surface area contributed by atoms with Gasteiger partial charge in [0.25, 0.3) is 10.0 Å². The minimum Gasteiger partial charge on any atom is -0.486 e. The summed E-state index contributed by atoms with van der Waals surface area (Å²) in [6.45, 7) is 7.37. The van der Waals surface area contributed by atoms with E-state index in [2.05, 4.69) is 25.1 Å². The number of H-pyrrole nitrogens is 1. The Bertz CT molecular complexity index is 1460. The molecular formula is C22H27ClN6O7S. The first-order valence-electron chi connectivity index (χ1n) is 11.5. The molecule has 0 saturated carbocycles. The number of halogens is 1. The van der Waals surface area contributed by atoms with Gasteiger partial charge < -0.3 is 9.47 Å². The molecule has 13 nitrogen and oxygen atoms in total. The molecule has 37 heavy (non-hydrogen) atoms. The van der Waals surface area contributed by atoms with Gasteiger partial charge in [-0.15, -0.1) is 0 Å². The highest BCUT2D eigenvalue weighted by Gasteiger charge is 2.37. The Balaban J connectivity index is 1.67. The molecule has 0 aliphatic carbocycles. The summed E-state index contributed by atoms with van der Waals surface area (Å²) in [7, 11) is -4.18. The van der Waals surface area contributed by atoms with Crippen molar-refractivity contribution in [2.24, 2.45) is 0 Å². The third-order valence-corrected chi connectivity index (χ3v) is 7.47. The van der Waals surface area contributed by atoms with Crippen molar-refractivity contribution in [3.63, 3.8) is 0 Å². The number of nitrogens with one attached hydrogen (secondary N) is 2. The molecule has 1 unspecified atom stereocenters. The first-order valence-corrected chi connectivity index (χ1v) is 13.3. The molecule has 1 atom stereocenters. The molecule has 2 aromatic heterocycles. The van der Waals surface area contributed by atoms with E-state index in [1.54, 1.807) is 32.9 Å². The van der Waals surface area contributed by atoms with Gasteiger partial charge in [0.15, 0.2) is 11.0 Å². The number of carbonyl (C=O) groups excluding carboxylic acids is 1. The van der Waals surface area contributed by atoms with Crippen molar-refractivity contribution in [2.45, 2.75) is 63.7 Å². The van der Waals surface area contributed by atoms with E-state index in [0.717, 1.165) is 0 Å². The fraction of sp³-hybridized carbons (Fsp3) is 0.455. The second kappa shape index (κ2) is 10.1. The van der Waals surface area contributed by atoms with Gasteiger partial charge in [-0.3, -0.25) is 23.8 Å². The van der Waals surface area contributed by atoms with E-state index in [1.807, 2.05) is 6.92 Å². The van der Waals surface area contributed by atoms with Gasteiger partial charge in [0, 0.05) is 24.8 Å². The lowest BCUT2D eigenvalue weighted by molar-refractivity contribution is 0.0636. The van der Waals surface area contributed by atoms with Crippen LogP contribution in [0.15, 0.2) is 38.6 Å². The number of anilines is 2. The number of benzene rings is 1. The number of aromatic amines is 1. The number of nitrogens with zero attached hydrogens (tertiary/aromatic N) is 4. The van der Waals surface area contributed by atoms with Crippen molar-refractivity contribution >= 4 is 39.1 Å². The zero-order valence-electron chi connectivity index (χ0n) is 20.6. The van der Waals surface area contributed by atoms with Gasteiger partial charge in [0.05, 0.1) is 12.2 Å². The number of hydrogen-bond donors (Lipinski definition) is 2. The van der Waals surface area contributed by atoms with Gasteiger partial charge in [0.1, 0.15) is 22.4 Å². The van der Waals surface area contributed by atoms with Crippen molar-refractivity contribution in [3.8, 4) is 5.75 Å². The fourth-order valence-corrected chi connectivity index (χ4v) is 5.64. The standard InChI is InChI=1S/C22H27ClN6O7S/c1-5-28-12-17(19(23)26-28)37(32,33)29-11-14(7-9-18-25-21(31)36-27-18)34-16-8-6-13(10-15(16)29)24-20(30)35-22(2,3)4/h6,8,10,12,14H,5,7,9,11H2,1-4H3,(H,24,30)(H,25,27,31). The maximum atomic E-state index is 13.8. The van der Waals surface area contributed by atoms with Gasteiger partial charge in [-0.05, 0) is 52.3 Å². The van der Waals surface area contributed by atoms with Gasteiger partial charge in [-0.2, -0.15) is 5.10 Å². The number of aromatic nitrogens is 4. The lowest BCUT2D eigenvalue weighted by Crippen LogP contribution is -2.43. The highest BCUT2D eigenvalue weighted by molar-refractivity contribution is 7.93. The SMILES string of the molecule is CCn1cc(S(=O)(=O)N2CC(CCc3noc(=O)[nH]3)Oc3ccc(NC(=O)OC(C)(C)C)cc32)c(Cl)n1. The second-order valence-electron chi connectivity index (χ2n) is 9.31. The molecule has 0 saturated heterocycles. The average molecular weight is 555 g/mol. The number of aryl methyl sites for hydroxylation is 2. The van der Waals surface area contributed by atoms with Crippen LogP contribution in [0.2, 0.25) is 5.15 Å². The number of rotatable bonds is 7. The van der Waals surface area contributed by atoms with Crippen LogP contribution in [0.4, 0.5) is 16.2 Å². The molecule has 3 heterocycles. The Morgan fingerprint density at radius 2 is 2.11 bits per heavy atom. The van der Waals surface area contributed by atoms with Crippen LogP contribution in [-0.4, -0.2) is 52.7 Å². The summed E-state index contributed by atoms with van der Waals surface area (Å²) in [5.74, 6) is -0.0816. The Morgan fingerprint density at radius 3 is 2.73 bits per heavy atom. The predicted molar refractivity (Wildman–Crippen MR) is 134 cm³/mol. The summed E-state index contributed by atoms with van der Waals surface area (Å²) < 4.78 is 46.1. The van der Waals surface area contributed by atoms with Crippen LogP contribution in [0.25, 0.3) is 0 Å². The molecule has 1 amide bonds. The topological polar surface area (TPSA) is 162 Å². The fourth-order valence-electron chi connectivity index (χ4n) is 3.69. The Labute approximate surface area is 217 Å². The quantitative estimate of drug-likeness (QED) is 0.446. The molecule has 0 fully saturated rings. The summed E-state index contributed by atoms with van der Waals surface area (Å²) in [5, 5.41) is 10.1. The molecule has 200 valence electrons. The summed E-state index contributed by atoms with van der Waals surface area (Å²) in [6, 6.07) is 4.62. The summed E-state index contributed by atoms with van der Waals surface area (Å²) in [4.78, 5) is 25.8. The van der Waals surface area contributed by atoms with Crippen LogP contribution >= 0.6 is 11.6 Å². The van der Waals surface area contributed by atoms with Crippen molar-refractivity contribution in [1.29, 1.82) is 0 Å². The normalized spacial score (nSPS) is 15.7. The van der Waals surface area contributed by atoms with Crippen molar-refractivity contribution in [2.75, 3.05) is 16.2 Å². The van der Waals surface area contributed by atoms with E-state index in [1.165, 1.54) is 21.3 Å². The maximum Gasteiger partial charge on any atom is 0.438 e. The van der Waals surface area contributed by atoms with Gasteiger partial charge >= 0.3 is 11.8 Å². The van der Waals surface area contributed by atoms with Gasteiger partial charge in [0.2, 0.25) is 0 Å². The molecule has 0 spiro atoms. The smallest absolute Gasteiger partial charge is 0.438 e. The zero-order valence-corrected chi connectivity index (χ0v) is 22.2. The zero-order chi connectivity index (χ0) is 27.0. The number of amides is 1. The molecule has 1 aliphatic rings. The van der Waals surface area contributed by atoms with Crippen LogP contribution in [0.1, 0.15) is 39.9 Å². The summed E-state index contributed by atoms with van der Waals surface area (Å²) >= 11 is 6.20. The summed E-state index contributed by atoms with van der Waals surface area (Å²) in [6.07, 6.45) is 0.697. The lowest BCUT2D eigenvalue weighted by atomic mass is 10.1. The van der Waals surface area contributed by atoms with Gasteiger partial charge in [-0.25, -0.2) is 18.0 Å². The second-order valence-corrected chi connectivity index (χ2v) is 11.5. The van der Waals surface area contributed by atoms with Crippen LogP contribution in [0.5, 0.6) is 5.75 Å². The molecule has 0 radical (unpaired) electrons. The van der Waals surface area contributed by atoms with E-state index >= 15 is 0 Å². The van der Waals surface area contributed by atoms with E-state index in [9.17, 15) is 18.0 Å². The number of sulfonamides is 1. The van der Waals surface area contributed by atoms with Crippen LogP contribution in [-0.2, 0) is 27.7 Å². The first-order chi connectivity index (χ1) is 17.4. The molecule has 4 rings (SSSR count). The number of carbonyl (C=O) groups is 1. The minimum atomic E-state index is -4.18. The maximum absolute atomic E-state index is 13.8. The Kier molecular flexibility index (Phi) is 7.24. The Hall–Kier alpha value is -3.52. The van der Waals surface area contributed by atoms with Crippen LogP contribution in [0.3, 0.4) is 0 Å². The van der Waals surface area contributed by atoms with Crippen LogP contribution < -0.4 is 20.1 Å². The van der Waals surface area contributed by atoms with E-state index in [-0.39, 0.29) is 34.5 Å². The lowest BCUT2D eigenvalue weighted by Gasteiger charge is -2.35. The third-order valence-electron chi connectivity index (χ3n) is 5.30. The molecule has 3 aromatic rings. The largest absolute Gasteiger partial charge is 0.486 e. The molecule has 15 heteroatoms. The number of hydrogen-bond acceptors (Lipinski definition) is 9. The average Bonchev–Trinajstić information content (AvgIpc) is 3.41. The van der Waals surface area contributed by atoms with Gasteiger partial charge in [-0.1, -0.05) is 16.8 Å².